The fraction of sp³-hybridized carbons (Fsp3) is 0.167. The molecule has 2 aromatic rings. The van der Waals surface area contributed by atoms with E-state index in [1.807, 2.05) is 11.1 Å². The van der Waals surface area contributed by atoms with Crippen LogP contribution in [0, 0.1) is 0 Å². The Hall–Kier alpha value is -2.28. The molecule has 2 aliphatic rings. The number of hydrogen-bond donors (Lipinski definition) is 2. The minimum atomic E-state index is -0.0970. The second-order valence-electron chi connectivity index (χ2n) is 4.26. The third-order valence-corrected chi connectivity index (χ3v) is 4.35. The van der Waals surface area contributed by atoms with E-state index >= 15 is 0 Å². The molecule has 0 aromatic carbocycles. The fourth-order valence-corrected chi connectivity index (χ4v) is 3.44. The smallest absolute Gasteiger partial charge is 0.267 e. The molecule has 19 heavy (non-hydrogen) atoms. The van der Waals surface area contributed by atoms with Crippen LogP contribution in [0.2, 0.25) is 0 Å². The van der Waals surface area contributed by atoms with Gasteiger partial charge in [0.15, 0.2) is 5.75 Å². The summed E-state index contributed by atoms with van der Waals surface area (Å²) in [5, 5.41) is 9.49. The van der Waals surface area contributed by atoms with E-state index in [9.17, 15) is 4.79 Å². The Kier molecular flexibility index (Phi) is 2.16. The number of rotatable bonds is 1. The predicted molar refractivity (Wildman–Crippen MR) is 71.3 cm³/mol. The molecule has 0 fully saturated rings. The van der Waals surface area contributed by atoms with Crippen LogP contribution in [0.15, 0.2) is 24.8 Å². The zero-order chi connectivity index (χ0) is 12.8. The molecule has 6 nitrogen and oxygen atoms in total. The van der Waals surface area contributed by atoms with Crippen molar-refractivity contribution in [3.8, 4) is 16.2 Å². The van der Waals surface area contributed by atoms with E-state index in [0.717, 1.165) is 28.4 Å². The van der Waals surface area contributed by atoms with E-state index in [0.29, 0.717) is 11.5 Å². The van der Waals surface area contributed by atoms with E-state index < -0.39 is 0 Å². The molecule has 2 N–H and O–H groups in total. The van der Waals surface area contributed by atoms with Gasteiger partial charge in [-0.2, -0.15) is 5.10 Å². The van der Waals surface area contributed by atoms with Crippen molar-refractivity contribution in [3.05, 3.63) is 29.7 Å². The molecular weight excluding hydrogens is 264 g/mol. The highest BCUT2D eigenvalue weighted by atomic mass is 32.1. The first-order valence-corrected chi connectivity index (χ1v) is 6.69. The van der Waals surface area contributed by atoms with Gasteiger partial charge in [-0.1, -0.05) is 0 Å². The lowest BCUT2D eigenvalue weighted by Gasteiger charge is -2.26. The Labute approximate surface area is 112 Å². The first-order chi connectivity index (χ1) is 9.34. The number of nitrogens with zero attached hydrogens (tertiary/aromatic N) is 2. The van der Waals surface area contributed by atoms with Crippen molar-refractivity contribution in [1.29, 1.82) is 0 Å². The van der Waals surface area contributed by atoms with Gasteiger partial charge in [-0.25, -0.2) is 0 Å². The van der Waals surface area contributed by atoms with E-state index in [1.165, 1.54) is 11.3 Å². The van der Waals surface area contributed by atoms with Crippen LogP contribution in [0.3, 0.4) is 0 Å². The normalized spacial score (nSPS) is 16.6. The maximum Gasteiger partial charge on any atom is 0.267 e. The van der Waals surface area contributed by atoms with Crippen LogP contribution < -0.4 is 15.0 Å². The summed E-state index contributed by atoms with van der Waals surface area (Å²) >= 11 is 1.43. The molecule has 0 radical (unpaired) electrons. The van der Waals surface area contributed by atoms with Gasteiger partial charge in [-0.15, -0.1) is 11.3 Å². The maximum absolute atomic E-state index is 12.1. The number of hydrogen-bond acceptors (Lipinski definition) is 5. The Morgan fingerprint density at radius 3 is 3.21 bits per heavy atom. The predicted octanol–water partition coefficient (Wildman–Crippen LogP) is 1.55. The lowest BCUT2D eigenvalue weighted by Crippen LogP contribution is -2.27. The molecule has 0 spiro atoms. The Morgan fingerprint density at radius 2 is 2.37 bits per heavy atom. The summed E-state index contributed by atoms with van der Waals surface area (Å²) in [6.45, 7) is 1.35. The molecule has 96 valence electrons. The molecule has 4 heterocycles. The summed E-state index contributed by atoms with van der Waals surface area (Å²) in [5.74, 6) is 0.676. The average molecular weight is 274 g/mol. The zero-order valence-corrected chi connectivity index (χ0v) is 10.7. The van der Waals surface area contributed by atoms with Crippen LogP contribution in [0.4, 0.5) is 5.69 Å². The summed E-state index contributed by atoms with van der Waals surface area (Å²) in [6, 6.07) is 0. The topological polar surface area (TPSA) is 70.2 Å². The first kappa shape index (κ1) is 10.6. The van der Waals surface area contributed by atoms with Crippen molar-refractivity contribution < 1.29 is 9.53 Å². The largest absolute Gasteiger partial charge is 0.488 e. The van der Waals surface area contributed by atoms with E-state index in [-0.39, 0.29) is 5.91 Å². The van der Waals surface area contributed by atoms with Crippen LogP contribution in [0.1, 0.15) is 9.67 Å². The van der Waals surface area contributed by atoms with Gasteiger partial charge in [-0.3, -0.25) is 9.89 Å². The van der Waals surface area contributed by atoms with E-state index in [1.54, 1.807) is 18.6 Å². The number of H-pyrrole nitrogens is 1. The molecule has 0 bridgehead atoms. The van der Waals surface area contributed by atoms with Gasteiger partial charge in [0.25, 0.3) is 5.91 Å². The number of aromatic amines is 1. The second-order valence-corrected chi connectivity index (χ2v) is 5.28. The minimum Gasteiger partial charge on any atom is -0.488 e. The highest BCUT2D eigenvalue weighted by molar-refractivity contribution is 7.18. The van der Waals surface area contributed by atoms with Gasteiger partial charge >= 0.3 is 0 Å². The van der Waals surface area contributed by atoms with Crippen LogP contribution >= 0.6 is 11.3 Å². The van der Waals surface area contributed by atoms with Gasteiger partial charge < -0.3 is 15.0 Å². The van der Waals surface area contributed by atoms with E-state index in [2.05, 4.69) is 15.5 Å². The SMILES string of the molecule is O=C1NC=CN2CCOc3c(-c4cn[nH]c4)sc1c32. The lowest BCUT2D eigenvalue weighted by atomic mass is 10.2. The van der Waals surface area contributed by atoms with Gasteiger partial charge in [0.1, 0.15) is 17.2 Å². The van der Waals surface area contributed by atoms with Crippen molar-refractivity contribution in [2.45, 2.75) is 0 Å². The summed E-state index contributed by atoms with van der Waals surface area (Å²) in [6.07, 6.45) is 7.08. The quantitative estimate of drug-likeness (QED) is 0.827. The summed E-state index contributed by atoms with van der Waals surface area (Å²) in [5.41, 5.74) is 1.80. The highest BCUT2D eigenvalue weighted by Crippen LogP contribution is 2.49. The van der Waals surface area contributed by atoms with E-state index in [4.69, 9.17) is 4.74 Å². The second kappa shape index (κ2) is 3.86. The Balaban J connectivity index is 1.98. The minimum absolute atomic E-state index is 0.0970. The molecule has 1 amide bonds. The molecule has 0 atom stereocenters. The number of carbonyl (C=O) groups is 1. The number of thiophene rings is 1. The fourth-order valence-electron chi connectivity index (χ4n) is 2.30. The number of amides is 1. The molecular formula is C12H10N4O2S. The molecule has 2 aliphatic heterocycles. The third-order valence-electron chi connectivity index (χ3n) is 3.14. The number of anilines is 1. The number of carbonyl (C=O) groups excluding carboxylic acids is 1. The van der Waals surface area contributed by atoms with Crippen LogP contribution in [-0.2, 0) is 0 Å². The maximum atomic E-state index is 12.1. The summed E-state index contributed by atoms with van der Waals surface area (Å²) in [4.78, 5) is 15.7. The molecule has 0 saturated heterocycles. The monoisotopic (exact) mass is 274 g/mol. The van der Waals surface area contributed by atoms with Crippen LogP contribution in [0.5, 0.6) is 5.75 Å². The molecule has 0 unspecified atom stereocenters. The van der Waals surface area contributed by atoms with Crippen molar-refractivity contribution in [2.75, 3.05) is 18.1 Å². The third kappa shape index (κ3) is 1.48. The first-order valence-electron chi connectivity index (χ1n) is 5.87. The number of aromatic nitrogens is 2. The van der Waals surface area contributed by atoms with Crippen molar-refractivity contribution in [1.82, 2.24) is 15.5 Å². The number of nitrogens with one attached hydrogen (secondary N) is 2. The standard InChI is InChI=1S/C12H10N4O2S/c17-12-11-8-9(10(19-11)7-5-14-15-6-7)18-4-3-16(8)2-1-13-12/h1-2,5-6H,3-4H2,(H,13,17)(H,14,15). The molecule has 4 rings (SSSR count). The van der Waals surface area contributed by atoms with Gasteiger partial charge in [0.2, 0.25) is 0 Å². The zero-order valence-electron chi connectivity index (χ0n) is 9.84. The van der Waals surface area contributed by atoms with Gasteiger partial charge in [0, 0.05) is 24.2 Å². The van der Waals surface area contributed by atoms with Gasteiger partial charge in [0.05, 0.1) is 17.6 Å². The summed E-state index contributed by atoms with van der Waals surface area (Å²) in [7, 11) is 0. The molecule has 2 aromatic heterocycles. The molecule has 0 saturated carbocycles. The van der Waals surface area contributed by atoms with Crippen molar-refractivity contribution >= 4 is 22.9 Å². The van der Waals surface area contributed by atoms with Crippen LogP contribution in [-0.4, -0.2) is 29.3 Å². The molecule has 7 heteroatoms. The Morgan fingerprint density at radius 1 is 1.42 bits per heavy atom. The van der Waals surface area contributed by atoms with Crippen molar-refractivity contribution in [2.24, 2.45) is 0 Å². The van der Waals surface area contributed by atoms with Crippen LogP contribution in [0.25, 0.3) is 10.4 Å². The van der Waals surface area contributed by atoms with Crippen molar-refractivity contribution in [3.63, 3.8) is 0 Å². The Bertz CT molecular complexity index is 674. The summed E-state index contributed by atoms with van der Waals surface area (Å²) < 4.78 is 5.78. The molecule has 0 aliphatic carbocycles. The highest BCUT2D eigenvalue weighted by Gasteiger charge is 2.32. The van der Waals surface area contributed by atoms with Gasteiger partial charge in [-0.05, 0) is 0 Å². The lowest BCUT2D eigenvalue weighted by molar-refractivity contribution is 0.0975. The number of ether oxygens (including phenoxy) is 1. The average Bonchev–Trinajstić information content (AvgIpc) is 3.01.